The van der Waals surface area contributed by atoms with Gasteiger partial charge in [-0.2, -0.15) is 0 Å². The average Bonchev–Trinajstić information content (AvgIpc) is 3.77. The minimum atomic E-state index is 0.656. The molecule has 0 N–H and O–H groups in total. The van der Waals surface area contributed by atoms with E-state index in [-0.39, 0.29) is 0 Å². The smallest absolute Gasteiger partial charge is 0.165 e. The van der Waals surface area contributed by atoms with Crippen molar-refractivity contribution in [2.75, 3.05) is 0 Å². The van der Waals surface area contributed by atoms with Crippen molar-refractivity contribution in [1.82, 2.24) is 15.0 Å². The van der Waals surface area contributed by atoms with E-state index in [0.29, 0.717) is 17.5 Å². The van der Waals surface area contributed by atoms with Crippen molar-refractivity contribution < 1.29 is 0 Å². The van der Waals surface area contributed by atoms with Gasteiger partial charge in [0.25, 0.3) is 0 Å². The molecule has 0 fully saturated rings. The number of hydrogen-bond acceptors (Lipinski definition) is 5. The third kappa shape index (κ3) is 4.90. The highest BCUT2D eigenvalue weighted by Crippen LogP contribution is 2.42. The number of rotatable bonds is 5. The SMILES string of the molecule is c1ccc(-c2cccc(-c3nc(-c4ccc5c(c4)sc4c(-c6ccccc6)cccc45)nc(-c4cccc5c4sc4ccccc45)n3)c2)cc1. The van der Waals surface area contributed by atoms with Gasteiger partial charge in [0, 0.05) is 57.0 Å². The summed E-state index contributed by atoms with van der Waals surface area (Å²) in [4.78, 5) is 15.6. The van der Waals surface area contributed by atoms with Crippen LogP contribution in [-0.2, 0) is 0 Å². The van der Waals surface area contributed by atoms with Crippen LogP contribution in [-0.4, -0.2) is 15.0 Å². The quantitative estimate of drug-likeness (QED) is 0.182. The highest BCUT2D eigenvalue weighted by atomic mass is 32.1. The fourth-order valence-corrected chi connectivity index (χ4v) is 9.42. The standard InChI is InChI=1S/C45H27N3S2/c1-3-12-28(13-4-1)30-16-9-17-31(26-30)43-46-44(48-45(47-43)38-22-11-21-36-34-18-7-8-23-39(34)49-42(36)38)32-24-25-35-37-20-10-19-33(29-14-5-2-6-15-29)41(37)50-40(35)27-32/h1-27H. The second-order valence-electron chi connectivity index (χ2n) is 12.4. The summed E-state index contributed by atoms with van der Waals surface area (Å²) < 4.78 is 4.94. The van der Waals surface area contributed by atoms with Gasteiger partial charge >= 0.3 is 0 Å². The van der Waals surface area contributed by atoms with Gasteiger partial charge in [0.15, 0.2) is 17.5 Å². The van der Waals surface area contributed by atoms with E-state index in [0.717, 1.165) is 27.8 Å². The Morgan fingerprint density at radius 2 is 0.820 bits per heavy atom. The van der Waals surface area contributed by atoms with Gasteiger partial charge in [-0.15, -0.1) is 22.7 Å². The number of fused-ring (bicyclic) bond motifs is 6. The summed E-state index contributed by atoms with van der Waals surface area (Å²) in [6.07, 6.45) is 0. The van der Waals surface area contributed by atoms with Crippen molar-refractivity contribution in [1.29, 1.82) is 0 Å². The molecule has 3 nitrogen and oxygen atoms in total. The second kappa shape index (κ2) is 11.8. The molecule has 50 heavy (non-hydrogen) atoms. The summed E-state index contributed by atoms with van der Waals surface area (Å²) in [5, 5.41) is 4.99. The largest absolute Gasteiger partial charge is 0.208 e. The van der Waals surface area contributed by atoms with Crippen LogP contribution in [0, 0.1) is 0 Å². The molecule has 7 aromatic carbocycles. The number of hydrogen-bond donors (Lipinski definition) is 0. The normalized spacial score (nSPS) is 11.6. The van der Waals surface area contributed by atoms with Crippen molar-refractivity contribution in [3.8, 4) is 56.4 Å². The minimum Gasteiger partial charge on any atom is -0.208 e. The molecule has 10 rings (SSSR count). The van der Waals surface area contributed by atoms with Gasteiger partial charge in [0.2, 0.25) is 0 Å². The van der Waals surface area contributed by atoms with Crippen molar-refractivity contribution in [2.45, 2.75) is 0 Å². The Bertz CT molecular complexity index is 2870. The molecule has 0 aliphatic carbocycles. The van der Waals surface area contributed by atoms with E-state index in [1.165, 1.54) is 51.5 Å². The van der Waals surface area contributed by atoms with Crippen LogP contribution in [0.1, 0.15) is 0 Å². The van der Waals surface area contributed by atoms with Gasteiger partial charge in [0.1, 0.15) is 0 Å². The third-order valence-electron chi connectivity index (χ3n) is 9.35. The molecule has 0 spiro atoms. The van der Waals surface area contributed by atoms with E-state index in [1.807, 2.05) is 17.4 Å². The summed E-state index contributed by atoms with van der Waals surface area (Å²) in [5.41, 5.74) is 7.70. The summed E-state index contributed by atoms with van der Waals surface area (Å²) >= 11 is 3.62. The maximum Gasteiger partial charge on any atom is 0.165 e. The zero-order chi connectivity index (χ0) is 33.0. The van der Waals surface area contributed by atoms with Crippen LogP contribution in [0.15, 0.2) is 164 Å². The number of nitrogens with zero attached hydrogens (tertiary/aromatic N) is 3. The number of thiophene rings is 2. The molecule has 3 aromatic heterocycles. The predicted octanol–water partition coefficient (Wildman–Crippen LogP) is 12.9. The van der Waals surface area contributed by atoms with E-state index in [2.05, 4.69) is 158 Å². The summed E-state index contributed by atoms with van der Waals surface area (Å²) in [6, 6.07) is 57.9. The predicted molar refractivity (Wildman–Crippen MR) is 213 cm³/mol. The highest BCUT2D eigenvalue weighted by Gasteiger charge is 2.18. The summed E-state index contributed by atoms with van der Waals surface area (Å²) in [6.45, 7) is 0. The molecule has 0 saturated carbocycles. The minimum absolute atomic E-state index is 0.656. The fourth-order valence-electron chi connectivity index (χ4n) is 6.93. The summed E-state index contributed by atoms with van der Waals surface area (Å²) in [7, 11) is 0. The molecule has 0 atom stereocenters. The lowest BCUT2D eigenvalue weighted by molar-refractivity contribution is 1.08. The zero-order valence-electron chi connectivity index (χ0n) is 26.7. The first-order valence-corrected chi connectivity index (χ1v) is 18.2. The molecule has 5 heteroatoms. The molecular formula is C45H27N3S2. The van der Waals surface area contributed by atoms with Gasteiger partial charge in [0.05, 0.1) is 0 Å². The van der Waals surface area contributed by atoms with Gasteiger partial charge in [-0.25, -0.2) is 15.0 Å². The lowest BCUT2D eigenvalue weighted by Gasteiger charge is -2.10. The maximum absolute atomic E-state index is 5.22. The Labute approximate surface area is 296 Å². The van der Waals surface area contributed by atoms with Gasteiger partial charge < -0.3 is 0 Å². The van der Waals surface area contributed by atoms with Gasteiger partial charge in [-0.3, -0.25) is 0 Å². The first kappa shape index (κ1) is 29.0. The molecule has 0 aliphatic rings. The van der Waals surface area contributed by atoms with Crippen LogP contribution in [0.3, 0.4) is 0 Å². The number of benzene rings is 7. The average molecular weight is 674 g/mol. The molecule has 0 saturated heterocycles. The Hall–Kier alpha value is -6.01. The second-order valence-corrected chi connectivity index (χ2v) is 14.5. The van der Waals surface area contributed by atoms with E-state index in [1.54, 1.807) is 11.3 Å². The molecule has 234 valence electrons. The Kier molecular flexibility index (Phi) is 6.86. The first-order chi connectivity index (χ1) is 24.8. The van der Waals surface area contributed by atoms with E-state index >= 15 is 0 Å². The van der Waals surface area contributed by atoms with E-state index in [9.17, 15) is 0 Å². The Balaban J connectivity index is 1.18. The van der Waals surface area contributed by atoms with Crippen LogP contribution < -0.4 is 0 Å². The Morgan fingerprint density at radius 3 is 1.60 bits per heavy atom. The van der Waals surface area contributed by atoms with Crippen LogP contribution in [0.2, 0.25) is 0 Å². The first-order valence-electron chi connectivity index (χ1n) is 16.6. The van der Waals surface area contributed by atoms with Crippen molar-refractivity contribution >= 4 is 63.0 Å². The topological polar surface area (TPSA) is 38.7 Å². The fraction of sp³-hybridized carbons (Fsp3) is 0. The molecule has 0 unspecified atom stereocenters. The van der Waals surface area contributed by atoms with Gasteiger partial charge in [-0.05, 0) is 46.5 Å². The molecule has 3 heterocycles. The van der Waals surface area contributed by atoms with Gasteiger partial charge in [-0.1, -0.05) is 140 Å². The van der Waals surface area contributed by atoms with E-state index < -0.39 is 0 Å². The lowest BCUT2D eigenvalue weighted by atomic mass is 10.0. The zero-order valence-corrected chi connectivity index (χ0v) is 28.4. The van der Waals surface area contributed by atoms with Crippen LogP contribution in [0.4, 0.5) is 0 Å². The number of aromatic nitrogens is 3. The molecular weight excluding hydrogens is 647 g/mol. The van der Waals surface area contributed by atoms with Crippen molar-refractivity contribution in [2.24, 2.45) is 0 Å². The van der Waals surface area contributed by atoms with Crippen molar-refractivity contribution in [3.63, 3.8) is 0 Å². The van der Waals surface area contributed by atoms with Crippen molar-refractivity contribution in [3.05, 3.63) is 164 Å². The molecule has 10 aromatic rings. The molecule has 0 aliphatic heterocycles. The molecule has 0 bridgehead atoms. The highest BCUT2D eigenvalue weighted by molar-refractivity contribution is 7.26. The van der Waals surface area contributed by atoms with Crippen LogP contribution in [0.25, 0.3) is 96.8 Å². The van der Waals surface area contributed by atoms with E-state index in [4.69, 9.17) is 15.0 Å². The molecule has 0 radical (unpaired) electrons. The molecule has 0 amide bonds. The summed E-state index contributed by atoms with van der Waals surface area (Å²) in [5.74, 6) is 2.00. The maximum atomic E-state index is 5.22. The van der Waals surface area contributed by atoms with Crippen LogP contribution >= 0.6 is 22.7 Å². The lowest BCUT2D eigenvalue weighted by Crippen LogP contribution is -2.00. The monoisotopic (exact) mass is 673 g/mol. The third-order valence-corrected chi connectivity index (χ3v) is 11.8. The Morgan fingerprint density at radius 1 is 0.300 bits per heavy atom. The van der Waals surface area contributed by atoms with Crippen LogP contribution in [0.5, 0.6) is 0 Å².